The number of nitrogens with zero attached hydrogens (tertiary/aromatic N) is 3. The van der Waals surface area contributed by atoms with E-state index < -0.39 is 36.3 Å². The van der Waals surface area contributed by atoms with E-state index in [0.29, 0.717) is 17.1 Å². The largest absolute Gasteiger partial charge is 0.477 e. The van der Waals surface area contributed by atoms with Crippen LogP contribution < -0.4 is 14.8 Å². The zero-order valence-electron chi connectivity index (χ0n) is 23.0. The molecule has 1 atom stereocenters. The minimum atomic E-state index is -4.24. The highest BCUT2D eigenvalue weighted by Crippen LogP contribution is 2.59. The average Bonchev–Trinajstić information content (AvgIpc) is 3.47. The van der Waals surface area contributed by atoms with E-state index in [1.54, 1.807) is 42.6 Å². The summed E-state index contributed by atoms with van der Waals surface area (Å²) in [5.41, 5.74) is -1.44. The molecule has 3 heterocycles. The Balaban J connectivity index is 1.40. The zero-order valence-corrected chi connectivity index (χ0v) is 24.8. The van der Waals surface area contributed by atoms with Crippen molar-refractivity contribution in [1.82, 2.24) is 19.5 Å². The summed E-state index contributed by atoms with van der Waals surface area (Å²) < 4.78 is 74.6. The maximum Gasteiger partial charge on any atom is 0.394 e. The van der Waals surface area contributed by atoms with Gasteiger partial charge >= 0.3 is 6.18 Å². The van der Waals surface area contributed by atoms with E-state index in [2.05, 4.69) is 30.6 Å². The molecule has 1 saturated heterocycles. The Morgan fingerprint density at radius 1 is 1.15 bits per heavy atom. The molecule has 3 aromatic rings. The van der Waals surface area contributed by atoms with E-state index in [1.807, 2.05) is 0 Å². The first-order valence-corrected chi connectivity index (χ1v) is 16.7. The fourth-order valence-corrected chi connectivity index (χ4v) is 10.2. The summed E-state index contributed by atoms with van der Waals surface area (Å²) in [5, 5.41) is 4.81. The summed E-state index contributed by atoms with van der Waals surface area (Å²) in [5.74, 6) is 0.244. The molecule has 2 aromatic heterocycles. The van der Waals surface area contributed by atoms with E-state index in [4.69, 9.17) is 9.72 Å². The predicted octanol–water partition coefficient (Wildman–Crippen LogP) is 5.02. The molecule has 0 bridgehead atoms. The van der Waals surface area contributed by atoms with Crippen molar-refractivity contribution in [1.29, 1.82) is 0 Å². The van der Waals surface area contributed by atoms with Crippen LogP contribution in [0, 0.1) is 11.3 Å². The number of hydrogen-bond acceptors (Lipinski definition) is 6. The second-order valence-corrected chi connectivity index (χ2v) is 16.5. The Bertz CT molecular complexity index is 1540. The number of amides is 1. The number of sulfonamides is 1. The van der Waals surface area contributed by atoms with Gasteiger partial charge in [0.05, 0.1) is 22.5 Å². The molecule has 1 N–H and O–H groups in total. The van der Waals surface area contributed by atoms with E-state index >= 15 is 0 Å². The predicted molar refractivity (Wildman–Crippen MR) is 148 cm³/mol. The van der Waals surface area contributed by atoms with Crippen LogP contribution in [0.3, 0.4) is 0 Å². The molecule has 1 aromatic carbocycles. The number of carbonyl (C=O) groups excluding carboxylic acids is 1. The summed E-state index contributed by atoms with van der Waals surface area (Å²) in [6.07, 6.45) is -1.58. The van der Waals surface area contributed by atoms with Crippen molar-refractivity contribution in [3.05, 3.63) is 60.3 Å². The summed E-state index contributed by atoms with van der Waals surface area (Å²) in [6.45, 7) is 6.35. The number of rotatable bonds is 9. The number of hydrogen-bond donors (Lipinski definition) is 1. The molecule has 13 heteroatoms. The lowest BCUT2D eigenvalue weighted by molar-refractivity contribution is -0.190. The van der Waals surface area contributed by atoms with Crippen LogP contribution in [-0.2, 0) is 10.0 Å². The molecular formula is C28H32F3N4O4SSi. The minimum Gasteiger partial charge on any atom is -0.477 e. The molecule has 1 aliphatic carbocycles. The maximum atomic E-state index is 13.4. The molecule has 5 rings (SSSR count). The highest BCUT2D eigenvalue weighted by molar-refractivity contribution is 7.90. The van der Waals surface area contributed by atoms with Crippen molar-refractivity contribution in [2.45, 2.75) is 68.6 Å². The minimum absolute atomic E-state index is 0.0183. The van der Waals surface area contributed by atoms with Gasteiger partial charge in [-0.2, -0.15) is 13.2 Å². The van der Waals surface area contributed by atoms with Crippen molar-refractivity contribution in [3.63, 3.8) is 0 Å². The van der Waals surface area contributed by atoms with Gasteiger partial charge in [0.2, 0.25) is 5.88 Å². The highest BCUT2D eigenvalue weighted by atomic mass is 32.2. The van der Waals surface area contributed by atoms with Crippen LogP contribution in [0.1, 0.15) is 56.8 Å². The van der Waals surface area contributed by atoms with Crippen molar-refractivity contribution < 1.29 is 31.1 Å². The van der Waals surface area contributed by atoms with E-state index in [0.717, 1.165) is 12.5 Å². The standard InChI is InChI=1S/C28H32F3N4O4SSi/c1-19-17-26(2,3)41(18-19)25-21(24(36)34-40(37,38)20-7-5-4-6-8-20)9-10-22(32-25)35-15-11-23(33-35)39-16-14-27(12-13-27)28(29,30)31/h4-11,15,19H,12-14,16-18H2,1-3H3,(H,34,36). The van der Waals surface area contributed by atoms with Crippen LogP contribution in [0.25, 0.3) is 5.82 Å². The summed E-state index contributed by atoms with van der Waals surface area (Å²) in [7, 11) is -5.50. The third-order valence-corrected chi connectivity index (χ3v) is 13.2. The van der Waals surface area contributed by atoms with Gasteiger partial charge in [-0.25, -0.2) is 22.8 Å². The first kappa shape index (κ1) is 29.3. The van der Waals surface area contributed by atoms with Crippen LogP contribution >= 0.6 is 0 Å². The Morgan fingerprint density at radius 2 is 1.85 bits per heavy atom. The Labute approximate surface area is 239 Å². The summed E-state index contributed by atoms with van der Waals surface area (Å²) >= 11 is 0. The van der Waals surface area contributed by atoms with Gasteiger partial charge in [-0.1, -0.05) is 45.0 Å². The van der Waals surface area contributed by atoms with Crippen molar-refractivity contribution in [2.75, 3.05) is 6.61 Å². The maximum absolute atomic E-state index is 13.4. The molecular weight excluding hydrogens is 573 g/mol. The Hall–Kier alpha value is -3.19. The second-order valence-electron chi connectivity index (χ2n) is 11.7. The monoisotopic (exact) mass is 605 g/mol. The quantitative estimate of drug-likeness (QED) is 0.344. The van der Waals surface area contributed by atoms with Gasteiger partial charge in [0.25, 0.3) is 15.9 Å². The van der Waals surface area contributed by atoms with Gasteiger partial charge in [-0.3, -0.25) is 4.79 Å². The van der Waals surface area contributed by atoms with Crippen molar-refractivity contribution >= 4 is 30.0 Å². The SMILES string of the molecule is CC1C[Si](c2nc(-n3ccc(OCCC4(C(F)(F)F)CC4)n3)ccc2C(=O)NS(=O)(=O)c2ccccc2)C(C)(C)C1. The van der Waals surface area contributed by atoms with Crippen molar-refractivity contribution in [3.8, 4) is 11.7 Å². The topological polar surface area (TPSA) is 103 Å². The Morgan fingerprint density at radius 3 is 2.46 bits per heavy atom. The number of benzene rings is 1. The highest BCUT2D eigenvalue weighted by Gasteiger charge is 2.62. The van der Waals surface area contributed by atoms with Crippen molar-refractivity contribution in [2.24, 2.45) is 11.3 Å². The van der Waals surface area contributed by atoms with Crippen LogP contribution in [-0.4, -0.2) is 50.7 Å². The lowest BCUT2D eigenvalue weighted by atomic mass is 10.0. The molecule has 219 valence electrons. The molecule has 2 fully saturated rings. The summed E-state index contributed by atoms with van der Waals surface area (Å²) in [4.78, 5) is 18.2. The molecule has 41 heavy (non-hydrogen) atoms. The fourth-order valence-electron chi connectivity index (χ4n) is 5.62. The van der Waals surface area contributed by atoms with Gasteiger partial charge in [0, 0.05) is 17.6 Å². The fraction of sp³-hybridized carbons (Fsp3) is 0.464. The molecule has 1 radical (unpaired) electrons. The zero-order chi connectivity index (χ0) is 29.6. The molecule has 8 nitrogen and oxygen atoms in total. The smallest absolute Gasteiger partial charge is 0.394 e. The molecule has 1 amide bonds. The van der Waals surface area contributed by atoms with Gasteiger partial charge in [0.1, 0.15) is 8.80 Å². The molecule has 2 aliphatic rings. The van der Waals surface area contributed by atoms with Gasteiger partial charge in [-0.05, 0) is 60.9 Å². The van der Waals surface area contributed by atoms with Crippen LogP contribution in [0.2, 0.25) is 11.1 Å². The summed E-state index contributed by atoms with van der Waals surface area (Å²) in [6, 6.07) is 13.2. The average molecular weight is 606 g/mol. The molecule has 0 spiro atoms. The number of ether oxygens (including phenoxy) is 1. The lowest BCUT2D eigenvalue weighted by Crippen LogP contribution is -2.44. The Kier molecular flexibility index (Phi) is 7.56. The van der Waals surface area contributed by atoms with Crippen LogP contribution in [0.4, 0.5) is 13.2 Å². The second kappa shape index (κ2) is 10.6. The number of carbonyl (C=O) groups is 1. The lowest BCUT2D eigenvalue weighted by Gasteiger charge is -2.26. The number of aromatic nitrogens is 3. The van der Waals surface area contributed by atoms with E-state index in [-0.39, 0.29) is 47.2 Å². The van der Waals surface area contributed by atoms with E-state index in [9.17, 15) is 26.4 Å². The third-order valence-electron chi connectivity index (χ3n) is 8.00. The first-order chi connectivity index (χ1) is 19.2. The van der Waals surface area contributed by atoms with E-state index in [1.165, 1.54) is 16.8 Å². The van der Waals surface area contributed by atoms with Gasteiger partial charge in [-0.15, -0.1) is 5.10 Å². The third kappa shape index (κ3) is 6.06. The number of halogens is 3. The number of pyridine rings is 1. The first-order valence-electron chi connectivity index (χ1n) is 13.5. The normalized spacial score (nSPS) is 20.1. The number of nitrogens with one attached hydrogen (secondary N) is 1. The molecule has 1 unspecified atom stereocenters. The molecule has 1 aliphatic heterocycles. The van der Waals surface area contributed by atoms with Gasteiger partial charge < -0.3 is 4.74 Å². The number of alkyl halides is 3. The van der Waals surface area contributed by atoms with Gasteiger partial charge in [0.15, 0.2) is 5.82 Å². The van der Waals surface area contributed by atoms with Crippen LogP contribution in [0.5, 0.6) is 5.88 Å². The molecule has 1 saturated carbocycles. The van der Waals surface area contributed by atoms with Crippen LogP contribution in [0.15, 0.2) is 59.6 Å².